The van der Waals surface area contributed by atoms with Gasteiger partial charge >= 0.3 is 0 Å². The molecule has 0 saturated carbocycles. The zero-order chi connectivity index (χ0) is 50.2. The molecule has 3 heteroatoms. The van der Waals surface area contributed by atoms with Gasteiger partial charge in [0.2, 0.25) is 0 Å². The molecule has 0 fully saturated rings. The van der Waals surface area contributed by atoms with E-state index in [4.69, 9.17) is 0 Å². The van der Waals surface area contributed by atoms with Crippen molar-refractivity contribution in [2.45, 2.75) is 5.41 Å². The zero-order valence-corrected chi connectivity index (χ0v) is 42.8. The largest absolute Gasteiger partial charge is 0.307 e. The minimum atomic E-state index is -2.87. The number of benzene rings is 12. The van der Waals surface area contributed by atoms with Crippen LogP contribution in [0.3, 0.4) is 0 Å². The second-order valence-corrected chi connectivity index (χ2v) is 24.0. The Morgan fingerprint density at radius 3 is 1.29 bits per heavy atom. The van der Waals surface area contributed by atoms with E-state index in [2.05, 4.69) is 312 Å². The van der Waals surface area contributed by atoms with Gasteiger partial charge in [0, 0.05) is 32.8 Å². The second kappa shape index (κ2) is 17.6. The Morgan fingerprint density at radius 2 is 0.684 bits per heavy atom. The first-order chi connectivity index (χ1) is 37.8. The summed E-state index contributed by atoms with van der Waals surface area (Å²) >= 11 is 0. The lowest BCUT2D eigenvalue weighted by Crippen LogP contribution is -2.74. The van der Waals surface area contributed by atoms with Crippen LogP contribution in [0, 0.1) is 0 Å². The Balaban J connectivity index is 1.04. The van der Waals surface area contributed by atoms with Gasteiger partial charge in [-0.1, -0.05) is 273 Å². The molecule has 0 saturated heterocycles. The van der Waals surface area contributed by atoms with Crippen molar-refractivity contribution in [1.82, 2.24) is 9.13 Å². The molecule has 0 atom stereocenters. The lowest BCUT2D eigenvalue weighted by Gasteiger charge is -2.35. The third-order valence-electron chi connectivity index (χ3n) is 16.5. The summed E-state index contributed by atoms with van der Waals surface area (Å²) in [4.78, 5) is 0. The maximum atomic E-state index is 2.59. The van der Waals surface area contributed by atoms with Crippen LogP contribution < -0.4 is 20.7 Å². The van der Waals surface area contributed by atoms with Crippen molar-refractivity contribution < 1.29 is 0 Å². The highest BCUT2D eigenvalue weighted by Gasteiger charge is 2.48. The molecule has 0 aliphatic heterocycles. The predicted octanol–water partition coefficient (Wildman–Crippen LogP) is 15.3. The van der Waals surface area contributed by atoms with Crippen molar-refractivity contribution in [1.29, 1.82) is 0 Å². The second-order valence-electron chi connectivity index (χ2n) is 20.2. The number of para-hydroxylation sites is 4. The first-order valence-electron chi connectivity index (χ1n) is 26.4. The Hall–Kier alpha value is -9.54. The first kappa shape index (κ1) is 44.0. The third-order valence-corrected chi connectivity index (χ3v) is 21.3. The van der Waals surface area contributed by atoms with Crippen LogP contribution in [-0.4, -0.2) is 17.2 Å². The van der Waals surface area contributed by atoms with Gasteiger partial charge in [0.1, 0.15) is 0 Å². The molecule has 0 unspecified atom stereocenters. The smallest absolute Gasteiger partial charge is 0.179 e. The van der Waals surface area contributed by atoms with Crippen LogP contribution in [0.25, 0.3) is 77.2 Å². The molecule has 356 valence electrons. The maximum Gasteiger partial charge on any atom is 0.179 e. The monoisotopic (exact) mass is 982 g/mol. The summed E-state index contributed by atoms with van der Waals surface area (Å²) in [5.41, 5.74) is 16.4. The van der Waals surface area contributed by atoms with Gasteiger partial charge in [-0.05, 0) is 90.0 Å². The molecule has 2 aromatic heterocycles. The first-order valence-corrected chi connectivity index (χ1v) is 28.4. The maximum absolute atomic E-state index is 2.87. The van der Waals surface area contributed by atoms with Crippen LogP contribution in [0.2, 0.25) is 0 Å². The molecule has 76 heavy (non-hydrogen) atoms. The summed E-state index contributed by atoms with van der Waals surface area (Å²) in [5.74, 6) is 0. The van der Waals surface area contributed by atoms with Gasteiger partial charge in [-0.3, -0.25) is 0 Å². The molecule has 1 aliphatic carbocycles. The van der Waals surface area contributed by atoms with E-state index in [0.29, 0.717) is 0 Å². The van der Waals surface area contributed by atoms with E-state index in [1.54, 1.807) is 0 Å². The molecule has 14 aromatic rings. The molecule has 0 amide bonds. The highest BCUT2D eigenvalue weighted by Crippen LogP contribution is 2.59. The quantitative estimate of drug-likeness (QED) is 0.101. The number of fused-ring (bicyclic) bond motifs is 9. The number of hydrogen-bond donors (Lipinski definition) is 0. The van der Waals surface area contributed by atoms with Gasteiger partial charge in [0.05, 0.1) is 33.2 Å². The van der Waals surface area contributed by atoms with Crippen molar-refractivity contribution in [3.05, 3.63) is 326 Å². The zero-order valence-electron chi connectivity index (χ0n) is 41.8. The number of aromatic nitrogens is 2. The van der Waals surface area contributed by atoms with Crippen LogP contribution in [0.4, 0.5) is 0 Å². The van der Waals surface area contributed by atoms with Gasteiger partial charge in [-0.2, -0.15) is 0 Å². The molecule has 0 bridgehead atoms. The molecule has 12 aromatic carbocycles. The number of nitrogens with zero attached hydrogens (tertiary/aromatic N) is 2. The summed E-state index contributed by atoms with van der Waals surface area (Å²) in [6.07, 6.45) is 0. The molecule has 0 N–H and O–H groups in total. The van der Waals surface area contributed by atoms with Crippen LogP contribution in [0.15, 0.2) is 303 Å². The fourth-order valence-corrected chi connectivity index (χ4v) is 18.4. The Morgan fingerprint density at radius 1 is 0.276 bits per heavy atom. The predicted molar refractivity (Wildman–Crippen MR) is 321 cm³/mol. The van der Waals surface area contributed by atoms with Gasteiger partial charge in [-0.15, -0.1) is 0 Å². The average molecular weight is 983 g/mol. The number of rotatable bonds is 9. The van der Waals surface area contributed by atoms with Gasteiger partial charge < -0.3 is 9.13 Å². The highest BCUT2D eigenvalue weighted by atomic mass is 28.3. The van der Waals surface area contributed by atoms with Crippen LogP contribution in [0.1, 0.15) is 22.3 Å². The third kappa shape index (κ3) is 6.27. The standard InChI is InChI=1S/C73H50N2Si/c1-6-26-51(27-7-1)73(52-28-8-2-9-29-52)66-46-19-16-38-58(66)61-41-23-42-62(70(61)73)65-44-24-43-63-59-39-18-21-48-68(59)75(71(63)65)69-49-25-45-64-60-40-17-20-47-67(60)74(72(64)69)53-30-22-37-57(50-53)76(54-31-10-3-11-32-54,55-33-12-4-13-34-55)56-35-14-5-15-36-56/h1-50H. The topological polar surface area (TPSA) is 9.86 Å². The minimum Gasteiger partial charge on any atom is -0.307 e. The Kier molecular flexibility index (Phi) is 10.2. The fourth-order valence-electron chi connectivity index (χ4n) is 13.6. The van der Waals surface area contributed by atoms with E-state index in [0.717, 1.165) is 11.4 Å². The van der Waals surface area contributed by atoms with E-state index in [1.165, 1.54) is 109 Å². The summed E-state index contributed by atoms with van der Waals surface area (Å²) in [7, 11) is -2.87. The average Bonchev–Trinajstić information content (AvgIpc) is 4.20. The Labute approximate surface area is 443 Å². The molecule has 0 radical (unpaired) electrons. The summed E-state index contributed by atoms with van der Waals surface area (Å²) in [6.45, 7) is 0. The molecule has 15 rings (SSSR count). The molecule has 1 aliphatic rings. The van der Waals surface area contributed by atoms with Crippen LogP contribution >= 0.6 is 0 Å². The highest BCUT2D eigenvalue weighted by molar-refractivity contribution is 7.19. The Bertz CT molecular complexity index is 4360. The van der Waals surface area contributed by atoms with Crippen molar-refractivity contribution in [3.63, 3.8) is 0 Å². The van der Waals surface area contributed by atoms with Gasteiger partial charge in [0.25, 0.3) is 0 Å². The van der Waals surface area contributed by atoms with E-state index in [9.17, 15) is 0 Å². The van der Waals surface area contributed by atoms with E-state index >= 15 is 0 Å². The molecule has 0 spiro atoms. The summed E-state index contributed by atoms with van der Waals surface area (Å²) in [5, 5.41) is 10.3. The van der Waals surface area contributed by atoms with Gasteiger partial charge in [0.15, 0.2) is 8.07 Å². The van der Waals surface area contributed by atoms with Crippen molar-refractivity contribution >= 4 is 72.4 Å². The van der Waals surface area contributed by atoms with Crippen molar-refractivity contribution in [2.24, 2.45) is 0 Å². The molecular formula is C73H50N2Si. The molecule has 2 heterocycles. The van der Waals surface area contributed by atoms with Crippen molar-refractivity contribution in [2.75, 3.05) is 0 Å². The summed E-state index contributed by atoms with van der Waals surface area (Å²) < 4.78 is 5.15. The van der Waals surface area contributed by atoms with Crippen LogP contribution in [0.5, 0.6) is 0 Å². The van der Waals surface area contributed by atoms with E-state index in [-0.39, 0.29) is 0 Å². The lowest BCUT2D eigenvalue weighted by atomic mass is 9.66. The van der Waals surface area contributed by atoms with E-state index in [1.807, 2.05) is 0 Å². The van der Waals surface area contributed by atoms with E-state index < -0.39 is 13.5 Å². The SMILES string of the molecule is c1ccc(C2(c3ccccc3)c3ccccc3-c3cccc(-c4cccc5c6ccccc6n(-c6cccc7c8ccccc8n(-c8cccc([Si](c9ccccc9)(c9ccccc9)c9ccccc9)c8)c67)c45)c32)cc1. The normalized spacial score (nSPS) is 12.8. The minimum absolute atomic E-state index is 0.584. The van der Waals surface area contributed by atoms with Gasteiger partial charge in [-0.25, -0.2) is 0 Å². The summed E-state index contributed by atoms with van der Waals surface area (Å²) in [6, 6.07) is 114. The van der Waals surface area contributed by atoms with Crippen molar-refractivity contribution in [3.8, 4) is 33.6 Å². The lowest BCUT2D eigenvalue weighted by molar-refractivity contribution is 0.770. The van der Waals surface area contributed by atoms with Crippen LogP contribution in [-0.2, 0) is 5.41 Å². The molecule has 2 nitrogen and oxygen atoms in total. The fraction of sp³-hybridized carbons (Fsp3) is 0.0137. The molecular weight excluding hydrogens is 933 g/mol. The number of hydrogen-bond acceptors (Lipinski definition) is 0.